The molecule has 0 unspecified atom stereocenters. The molecule has 2 aromatic heterocycles. The van der Waals surface area contributed by atoms with Crippen molar-refractivity contribution in [3.8, 4) is 5.69 Å². The zero-order valence-corrected chi connectivity index (χ0v) is 12.6. The molecule has 0 aliphatic rings. The minimum Gasteiger partial charge on any atom is -0.320 e. The second kappa shape index (κ2) is 5.22. The molecule has 1 N–H and O–H groups in total. The Morgan fingerprint density at radius 2 is 1.90 bits per heavy atom. The molecule has 0 fully saturated rings. The summed E-state index contributed by atoms with van der Waals surface area (Å²) in [6, 6.07) is 7.63. The van der Waals surface area contributed by atoms with Crippen LogP contribution in [0.2, 0.25) is 0 Å². The first kappa shape index (κ1) is 14.5. The highest BCUT2D eigenvalue weighted by molar-refractivity contribution is 7.71. The van der Waals surface area contributed by atoms with Crippen molar-refractivity contribution in [2.75, 3.05) is 0 Å². The molecule has 0 aliphatic heterocycles. The monoisotopic (exact) mass is 308 g/mol. The van der Waals surface area contributed by atoms with Crippen LogP contribution in [0.5, 0.6) is 0 Å². The van der Waals surface area contributed by atoms with Gasteiger partial charge in [0.15, 0.2) is 10.3 Å². The molecule has 5 nitrogen and oxygen atoms in total. The molecule has 0 radical (unpaired) electrons. The van der Waals surface area contributed by atoms with Gasteiger partial charge in [-0.25, -0.2) is 4.98 Å². The lowest BCUT2D eigenvalue weighted by Crippen LogP contribution is -2.20. The van der Waals surface area contributed by atoms with Crippen LogP contribution in [-0.4, -0.2) is 19.1 Å². The van der Waals surface area contributed by atoms with E-state index in [1.165, 1.54) is 4.57 Å². The van der Waals surface area contributed by atoms with Crippen LogP contribution in [0.1, 0.15) is 5.56 Å². The number of rotatable bonds is 1. The van der Waals surface area contributed by atoms with Crippen molar-refractivity contribution in [2.24, 2.45) is 7.05 Å². The number of H-pyrrole nitrogens is 1. The van der Waals surface area contributed by atoms with E-state index in [-0.39, 0.29) is 18.0 Å². The molecule has 0 amide bonds. The van der Waals surface area contributed by atoms with Crippen molar-refractivity contribution in [1.82, 2.24) is 19.1 Å². The summed E-state index contributed by atoms with van der Waals surface area (Å²) in [6.07, 6.45) is 1.59. The summed E-state index contributed by atoms with van der Waals surface area (Å²) in [5.41, 5.74) is 2.69. The van der Waals surface area contributed by atoms with Crippen LogP contribution in [-0.2, 0) is 7.05 Å². The van der Waals surface area contributed by atoms with Gasteiger partial charge in [-0.2, -0.15) is 0 Å². The SMILES string of the molecule is Cc1ccc(-n2c(=S)[nH]c3c(ncn3C)c2=O)cc1.Cl. The molecular formula is C13H13ClN4OS. The highest BCUT2D eigenvalue weighted by atomic mass is 35.5. The van der Waals surface area contributed by atoms with E-state index in [0.717, 1.165) is 11.3 Å². The number of nitrogens with zero attached hydrogens (tertiary/aromatic N) is 3. The molecule has 104 valence electrons. The Kier molecular flexibility index (Phi) is 3.78. The zero-order chi connectivity index (χ0) is 13.6. The molecule has 0 aliphatic carbocycles. The standard InChI is InChI=1S/C13H12N4OS.ClH/c1-8-3-5-9(6-4-8)17-12(18)10-11(15-13(17)19)16(2)7-14-10;/h3-7H,1-2H3,(H,15,19);1H. The third-order valence-corrected chi connectivity index (χ3v) is 3.35. The Morgan fingerprint density at radius 3 is 2.55 bits per heavy atom. The second-order valence-electron chi connectivity index (χ2n) is 4.46. The van der Waals surface area contributed by atoms with E-state index in [0.29, 0.717) is 15.9 Å². The van der Waals surface area contributed by atoms with Crippen LogP contribution in [0, 0.1) is 11.7 Å². The number of hydrogen-bond donors (Lipinski definition) is 1. The maximum absolute atomic E-state index is 12.4. The highest BCUT2D eigenvalue weighted by Crippen LogP contribution is 2.10. The minimum atomic E-state index is -0.205. The first-order valence-corrected chi connectivity index (χ1v) is 6.22. The third-order valence-electron chi connectivity index (χ3n) is 3.06. The topological polar surface area (TPSA) is 55.6 Å². The lowest BCUT2D eigenvalue weighted by atomic mass is 10.2. The summed E-state index contributed by atoms with van der Waals surface area (Å²) in [5, 5.41) is 0. The number of aromatic nitrogens is 4. The molecule has 7 heteroatoms. The predicted molar refractivity (Wildman–Crippen MR) is 83.5 cm³/mol. The van der Waals surface area contributed by atoms with Gasteiger partial charge < -0.3 is 9.55 Å². The third kappa shape index (κ3) is 2.17. The summed E-state index contributed by atoms with van der Waals surface area (Å²) in [6.45, 7) is 2.00. The smallest absolute Gasteiger partial charge is 0.287 e. The van der Waals surface area contributed by atoms with Gasteiger partial charge in [0.2, 0.25) is 0 Å². The van der Waals surface area contributed by atoms with Gasteiger partial charge in [-0.05, 0) is 31.3 Å². The van der Waals surface area contributed by atoms with E-state index in [2.05, 4.69) is 9.97 Å². The van der Waals surface area contributed by atoms with E-state index in [4.69, 9.17) is 12.2 Å². The van der Waals surface area contributed by atoms with Gasteiger partial charge in [0.25, 0.3) is 5.56 Å². The van der Waals surface area contributed by atoms with E-state index >= 15 is 0 Å². The lowest BCUT2D eigenvalue weighted by molar-refractivity contribution is 0.897. The molecular weight excluding hydrogens is 296 g/mol. The van der Waals surface area contributed by atoms with Crippen molar-refractivity contribution in [3.05, 3.63) is 51.3 Å². The Hall–Kier alpha value is -1.92. The Bertz CT molecular complexity index is 876. The fourth-order valence-corrected chi connectivity index (χ4v) is 2.30. The zero-order valence-electron chi connectivity index (χ0n) is 11.0. The Labute approximate surface area is 126 Å². The van der Waals surface area contributed by atoms with Gasteiger partial charge in [-0.1, -0.05) is 17.7 Å². The van der Waals surface area contributed by atoms with E-state index in [9.17, 15) is 4.79 Å². The summed E-state index contributed by atoms with van der Waals surface area (Å²) < 4.78 is 3.57. The molecule has 0 saturated carbocycles. The van der Waals surface area contributed by atoms with Crippen LogP contribution < -0.4 is 5.56 Å². The number of nitrogens with one attached hydrogen (secondary N) is 1. The molecule has 0 atom stereocenters. The predicted octanol–water partition coefficient (Wildman–Crippen LogP) is 2.51. The quantitative estimate of drug-likeness (QED) is 0.703. The fourth-order valence-electron chi connectivity index (χ4n) is 2.02. The average molecular weight is 309 g/mol. The normalized spacial score (nSPS) is 10.5. The number of aryl methyl sites for hydroxylation is 2. The summed E-state index contributed by atoms with van der Waals surface area (Å²) >= 11 is 5.27. The van der Waals surface area contributed by atoms with Gasteiger partial charge in [0.1, 0.15) is 5.65 Å². The van der Waals surface area contributed by atoms with Crippen molar-refractivity contribution in [3.63, 3.8) is 0 Å². The molecule has 0 spiro atoms. The lowest BCUT2D eigenvalue weighted by Gasteiger charge is -2.06. The van der Waals surface area contributed by atoms with E-state index in [1.807, 2.05) is 38.2 Å². The van der Waals surface area contributed by atoms with Crippen LogP contribution in [0.25, 0.3) is 16.9 Å². The van der Waals surface area contributed by atoms with Crippen LogP contribution in [0.15, 0.2) is 35.4 Å². The highest BCUT2D eigenvalue weighted by Gasteiger charge is 2.10. The van der Waals surface area contributed by atoms with Crippen LogP contribution in [0.3, 0.4) is 0 Å². The van der Waals surface area contributed by atoms with Crippen molar-refractivity contribution in [2.45, 2.75) is 6.92 Å². The molecule has 0 saturated heterocycles. The van der Waals surface area contributed by atoms with E-state index < -0.39 is 0 Å². The summed E-state index contributed by atoms with van der Waals surface area (Å²) in [7, 11) is 1.82. The van der Waals surface area contributed by atoms with Crippen molar-refractivity contribution >= 4 is 35.8 Å². The summed E-state index contributed by atoms with van der Waals surface area (Å²) in [5.74, 6) is 0. The van der Waals surface area contributed by atoms with Gasteiger partial charge >= 0.3 is 0 Å². The Morgan fingerprint density at radius 1 is 1.25 bits per heavy atom. The summed E-state index contributed by atoms with van der Waals surface area (Å²) in [4.78, 5) is 19.6. The van der Waals surface area contributed by atoms with Crippen LogP contribution in [0.4, 0.5) is 0 Å². The number of fused-ring (bicyclic) bond motifs is 1. The molecule has 2 heterocycles. The maximum atomic E-state index is 12.4. The van der Waals surface area contributed by atoms with Gasteiger partial charge in [-0.3, -0.25) is 9.36 Å². The molecule has 3 aromatic rings. The average Bonchev–Trinajstić information content (AvgIpc) is 2.74. The van der Waals surface area contributed by atoms with Gasteiger partial charge in [0, 0.05) is 7.05 Å². The second-order valence-corrected chi connectivity index (χ2v) is 4.85. The number of benzene rings is 1. The molecule has 3 rings (SSSR count). The van der Waals surface area contributed by atoms with E-state index in [1.54, 1.807) is 10.9 Å². The molecule has 1 aromatic carbocycles. The van der Waals surface area contributed by atoms with Crippen LogP contribution >= 0.6 is 24.6 Å². The minimum absolute atomic E-state index is 0. The maximum Gasteiger partial charge on any atom is 0.287 e. The van der Waals surface area contributed by atoms with Crippen molar-refractivity contribution in [1.29, 1.82) is 0 Å². The molecule has 0 bridgehead atoms. The number of imidazole rings is 1. The van der Waals surface area contributed by atoms with Crippen molar-refractivity contribution < 1.29 is 0 Å². The fraction of sp³-hybridized carbons (Fsp3) is 0.154. The largest absolute Gasteiger partial charge is 0.320 e. The molecule has 20 heavy (non-hydrogen) atoms. The number of aromatic amines is 1. The van der Waals surface area contributed by atoms with Gasteiger partial charge in [-0.15, -0.1) is 12.4 Å². The first-order chi connectivity index (χ1) is 9.08. The number of hydrogen-bond acceptors (Lipinski definition) is 3. The first-order valence-electron chi connectivity index (χ1n) is 5.81. The Balaban J connectivity index is 0.00000147. The number of halogens is 1. The van der Waals surface area contributed by atoms with Gasteiger partial charge in [0.05, 0.1) is 12.0 Å².